The van der Waals surface area contributed by atoms with Crippen molar-refractivity contribution < 1.29 is 18.9 Å². The molecule has 4 aromatic rings. The van der Waals surface area contributed by atoms with E-state index in [2.05, 4.69) is 20.8 Å². The zero-order chi connectivity index (χ0) is 24.1. The number of hydrazine groups is 1. The number of pyridine rings is 1. The second kappa shape index (κ2) is 9.90. The minimum Gasteiger partial charge on any atom is -0.353 e. The Kier molecular flexibility index (Phi) is 6.58. The summed E-state index contributed by atoms with van der Waals surface area (Å²) in [5.74, 6) is -1.61. The van der Waals surface area contributed by atoms with E-state index in [-0.39, 0.29) is 23.5 Å². The average molecular weight is 461 g/mol. The maximum atomic E-state index is 13.9. The van der Waals surface area contributed by atoms with Gasteiger partial charge in [0.25, 0.3) is 11.6 Å². The predicted molar refractivity (Wildman–Crippen MR) is 123 cm³/mol. The lowest BCUT2D eigenvalue weighted by molar-refractivity contribution is -0.385. The number of aromatic nitrogens is 2. The minimum atomic E-state index is -0.787. The van der Waals surface area contributed by atoms with Gasteiger partial charge < -0.3 is 4.98 Å². The van der Waals surface area contributed by atoms with Crippen LogP contribution in [0.3, 0.4) is 0 Å². The lowest BCUT2D eigenvalue weighted by Crippen LogP contribution is -2.41. The molecule has 0 saturated heterocycles. The summed E-state index contributed by atoms with van der Waals surface area (Å²) in [6.07, 6.45) is 2.61. The van der Waals surface area contributed by atoms with E-state index in [1.165, 1.54) is 36.4 Å². The van der Waals surface area contributed by atoms with Gasteiger partial charge in [-0.05, 0) is 54.8 Å². The Balaban J connectivity index is 1.41. The number of fused-ring (bicyclic) bond motifs is 1. The number of nitro groups is 1. The number of carbonyl (C=O) groups excluding carboxylic acids is 2. The number of H-pyrrole nitrogens is 1. The van der Waals surface area contributed by atoms with Crippen LogP contribution in [0.5, 0.6) is 0 Å². The van der Waals surface area contributed by atoms with Crippen molar-refractivity contribution in [3.63, 3.8) is 0 Å². The summed E-state index contributed by atoms with van der Waals surface area (Å²) in [4.78, 5) is 42.5. The summed E-state index contributed by atoms with van der Waals surface area (Å²) >= 11 is 0. The number of aryl methyl sites for hydroxylation is 1. The molecular formula is C24H20FN5O4. The van der Waals surface area contributed by atoms with Crippen LogP contribution in [0.1, 0.15) is 28.8 Å². The molecule has 0 spiro atoms. The molecule has 0 unspecified atom stereocenters. The van der Waals surface area contributed by atoms with Gasteiger partial charge in [0.05, 0.1) is 16.3 Å². The molecule has 9 nitrogen and oxygen atoms in total. The van der Waals surface area contributed by atoms with Gasteiger partial charge in [-0.25, -0.2) is 4.39 Å². The molecule has 0 aliphatic carbocycles. The van der Waals surface area contributed by atoms with E-state index in [1.807, 2.05) is 12.1 Å². The van der Waals surface area contributed by atoms with Gasteiger partial charge in [-0.2, -0.15) is 0 Å². The Labute approximate surface area is 193 Å². The predicted octanol–water partition coefficient (Wildman–Crippen LogP) is 4.06. The maximum Gasteiger partial charge on any atom is 0.282 e. The van der Waals surface area contributed by atoms with Crippen LogP contribution in [0.15, 0.2) is 66.9 Å². The highest BCUT2D eigenvalue weighted by Crippen LogP contribution is 2.31. The quantitative estimate of drug-likeness (QED) is 0.282. The summed E-state index contributed by atoms with van der Waals surface area (Å²) < 4.78 is 13.9. The van der Waals surface area contributed by atoms with Crippen molar-refractivity contribution in [3.8, 4) is 11.4 Å². The summed E-state index contributed by atoms with van der Waals surface area (Å²) in [6.45, 7) is 0. The van der Waals surface area contributed by atoms with Crippen LogP contribution in [0.4, 0.5) is 10.1 Å². The van der Waals surface area contributed by atoms with E-state index in [4.69, 9.17) is 0 Å². The first kappa shape index (κ1) is 22.6. The number of hydrogen-bond acceptors (Lipinski definition) is 5. The van der Waals surface area contributed by atoms with Crippen molar-refractivity contribution in [1.29, 1.82) is 0 Å². The molecule has 2 heterocycles. The van der Waals surface area contributed by atoms with Crippen molar-refractivity contribution in [1.82, 2.24) is 20.8 Å². The summed E-state index contributed by atoms with van der Waals surface area (Å²) in [7, 11) is 0. The number of nitro benzene ring substituents is 1. The Morgan fingerprint density at radius 3 is 2.62 bits per heavy atom. The van der Waals surface area contributed by atoms with Crippen molar-refractivity contribution in [2.45, 2.75) is 19.3 Å². The molecule has 0 aliphatic rings. The summed E-state index contributed by atoms with van der Waals surface area (Å²) in [5.41, 5.74) is 7.02. The molecule has 0 aliphatic heterocycles. The first-order valence-electron chi connectivity index (χ1n) is 10.5. The van der Waals surface area contributed by atoms with E-state index < -0.39 is 16.7 Å². The number of halogens is 1. The molecule has 3 N–H and O–H groups in total. The van der Waals surface area contributed by atoms with Crippen LogP contribution < -0.4 is 10.9 Å². The van der Waals surface area contributed by atoms with Crippen LogP contribution in [0, 0.1) is 15.9 Å². The second-order valence-corrected chi connectivity index (χ2v) is 7.51. The van der Waals surface area contributed by atoms with Gasteiger partial charge in [-0.3, -0.25) is 35.5 Å². The molecule has 0 atom stereocenters. The van der Waals surface area contributed by atoms with Crippen molar-refractivity contribution in [2.75, 3.05) is 0 Å². The summed E-state index contributed by atoms with van der Waals surface area (Å²) in [6, 6.07) is 15.4. The van der Waals surface area contributed by atoms with Crippen molar-refractivity contribution in [3.05, 3.63) is 93.9 Å². The lowest BCUT2D eigenvalue weighted by atomic mass is 10.0. The van der Waals surface area contributed by atoms with Gasteiger partial charge in [0.1, 0.15) is 11.4 Å². The van der Waals surface area contributed by atoms with E-state index in [9.17, 15) is 24.1 Å². The van der Waals surface area contributed by atoms with Crippen molar-refractivity contribution >= 4 is 28.4 Å². The standard InChI is InChI=1S/C24H20FN5O4/c25-15-11-12-19-18(14-15)16(23(27-19)20-8-3-4-13-26-20)7-5-10-22(31)28-29-24(32)17-6-1-2-9-21(17)30(33)34/h1-4,6,8-9,11-14,27H,5,7,10H2,(H,28,31)(H,29,32). The van der Waals surface area contributed by atoms with Gasteiger partial charge in [-0.15, -0.1) is 0 Å². The zero-order valence-corrected chi connectivity index (χ0v) is 17.9. The summed E-state index contributed by atoms with van der Waals surface area (Å²) in [5, 5.41) is 11.8. The Morgan fingerprint density at radius 1 is 1.06 bits per heavy atom. The number of nitrogens with one attached hydrogen (secondary N) is 3. The smallest absolute Gasteiger partial charge is 0.282 e. The van der Waals surface area contributed by atoms with E-state index >= 15 is 0 Å². The van der Waals surface area contributed by atoms with Crippen LogP contribution >= 0.6 is 0 Å². The SMILES string of the molecule is O=C(CCCc1c(-c2ccccn2)[nH]c2ccc(F)cc12)NNC(=O)c1ccccc1[N+](=O)[O-]. The van der Waals surface area contributed by atoms with E-state index in [0.29, 0.717) is 23.9 Å². The Morgan fingerprint density at radius 2 is 1.85 bits per heavy atom. The van der Waals surface area contributed by atoms with Gasteiger partial charge >= 0.3 is 0 Å². The fourth-order valence-electron chi connectivity index (χ4n) is 3.72. The van der Waals surface area contributed by atoms with Crippen LogP contribution in [-0.2, 0) is 11.2 Å². The molecule has 0 fully saturated rings. The fraction of sp³-hybridized carbons (Fsp3) is 0.125. The van der Waals surface area contributed by atoms with Crippen LogP contribution in [-0.4, -0.2) is 26.7 Å². The third-order valence-corrected chi connectivity index (χ3v) is 5.28. The maximum absolute atomic E-state index is 13.9. The molecule has 10 heteroatoms. The van der Waals surface area contributed by atoms with Crippen molar-refractivity contribution in [2.24, 2.45) is 0 Å². The molecule has 0 saturated carbocycles. The fourth-order valence-corrected chi connectivity index (χ4v) is 3.72. The number of amides is 2. The number of carbonyl (C=O) groups is 2. The van der Waals surface area contributed by atoms with Gasteiger partial charge in [0.2, 0.25) is 5.91 Å². The topological polar surface area (TPSA) is 130 Å². The largest absolute Gasteiger partial charge is 0.353 e. The number of rotatable bonds is 7. The molecule has 4 rings (SSSR count). The molecule has 0 radical (unpaired) electrons. The normalized spacial score (nSPS) is 10.7. The number of nitrogens with zero attached hydrogens (tertiary/aromatic N) is 2. The second-order valence-electron chi connectivity index (χ2n) is 7.51. The molecule has 2 aromatic heterocycles. The van der Waals surface area contributed by atoms with E-state index in [1.54, 1.807) is 18.3 Å². The lowest BCUT2D eigenvalue weighted by Gasteiger charge is -2.08. The molecular weight excluding hydrogens is 441 g/mol. The highest BCUT2D eigenvalue weighted by Gasteiger charge is 2.20. The minimum absolute atomic E-state index is 0.0702. The van der Waals surface area contributed by atoms with E-state index in [0.717, 1.165) is 16.8 Å². The third kappa shape index (κ3) is 4.90. The average Bonchev–Trinajstić information content (AvgIpc) is 3.20. The molecule has 172 valence electrons. The monoisotopic (exact) mass is 461 g/mol. The third-order valence-electron chi connectivity index (χ3n) is 5.28. The van der Waals surface area contributed by atoms with Gasteiger partial charge in [0, 0.05) is 29.6 Å². The molecule has 2 amide bonds. The molecule has 34 heavy (non-hydrogen) atoms. The molecule has 0 bridgehead atoms. The van der Waals surface area contributed by atoms with Gasteiger partial charge in [0.15, 0.2) is 0 Å². The first-order valence-corrected chi connectivity index (χ1v) is 10.5. The Bertz CT molecular complexity index is 1370. The van der Waals surface area contributed by atoms with Gasteiger partial charge in [-0.1, -0.05) is 18.2 Å². The highest BCUT2D eigenvalue weighted by atomic mass is 19.1. The van der Waals surface area contributed by atoms with Crippen LogP contribution in [0.25, 0.3) is 22.3 Å². The number of benzene rings is 2. The molecule has 2 aromatic carbocycles. The highest BCUT2D eigenvalue weighted by molar-refractivity contribution is 5.99. The first-order chi connectivity index (χ1) is 16.4. The Hall–Kier alpha value is -4.60. The zero-order valence-electron chi connectivity index (χ0n) is 17.9. The number of para-hydroxylation sites is 1. The number of aromatic amines is 1. The number of hydrogen-bond donors (Lipinski definition) is 3. The van der Waals surface area contributed by atoms with Crippen LogP contribution in [0.2, 0.25) is 0 Å².